The Balaban J connectivity index is 3.26. The summed E-state index contributed by atoms with van der Waals surface area (Å²) in [5.74, 6) is 0.115. The van der Waals surface area contributed by atoms with Gasteiger partial charge in [-0.25, -0.2) is 0 Å². The van der Waals surface area contributed by atoms with Gasteiger partial charge in [-0.05, 0) is 6.92 Å². The van der Waals surface area contributed by atoms with E-state index in [1.807, 2.05) is 0 Å². The third-order valence-electron chi connectivity index (χ3n) is 0.997. The number of Topliss-reactive ketones (excluding diaryl/α,β-unsaturated/α-hetero) is 1. The third kappa shape index (κ3) is 5.00. The fourth-order valence-corrected chi connectivity index (χ4v) is 0.387. The molecule has 3 heteroatoms. The highest BCUT2D eigenvalue weighted by atomic mass is 16.1. The van der Waals surface area contributed by atoms with E-state index in [1.54, 1.807) is 7.05 Å². The summed E-state index contributed by atoms with van der Waals surface area (Å²) in [7, 11) is 1.65. The van der Waals surface area contributed by atoms with Crippen molar-refractivity contribution >= 4 is 12.2 Å². The topological polar surface area (TPSA) is 37.4 Å². The number of rotatable bonds is 4. The zero-order valence-electron chi connectivity index (χ0n) is 5.76. The predicted molar refractivity (Wildman–Crippen MR) is 34.0 cm³/mol. The van der Waals surface area contributed by atoms with Crippen LogP contribution >= 0.6 is 0 Å². The summed E-state index contributed by atoms with van der Waals surface area (Å²) >= 11 is 0. The zero-order chi connectivity index (χ0) is 7.28. The second kappa shape index (κ2) is 4.06. The highest BCUT2D eigenvalue weighted by Crippen LogP contribution is 1.83. The van der Waals surface area contributed by atoms with Crippen molar-refractivity contribution in [2.75, 3.05) is 13.6 Å². The Morgan fingerprint density at radius 2 is 2.22 bits per heavy atom. The van der Waals surface area contributed by atoms with E-state index < -0.39 is 0 Å². The van der Waals surface area contributed by atoms with Crippen LogP contribution in [0.3, 0.4) is 0 Å². The molecule has 3 nitrogen and oxygen atoms in total. The summed E-state index contributed by atoms with van der Waals surface area (Å²) in [6.07, 6.45) is 1.16. The highest BCUT2D eigenvalue weighted by molar-refractivity contribution is 5.75. The molecule has 0 rings (SSSR count). The molecule has 0 saturated heterocycles. The average molecular weight is 129 g/mol. The Kier molecular flexibility index (Phi) is 3.67. The Morgan fingerprint density at radius 3 is 2.56 bits per heavy atom. The van der Waals surface area contributed by atoms with Crippen LogP contribution in [0, 0.1) is 0 Å². The molecule has 0 spiro atoms. The SMILES string of the molecule is CC(=O)CCN(C)C=O. The molecule has 1 amide bonds. The fraction of sp³-hybridized carbons (Fsp3) is 0.667. The van der Waals surface area contributed by atoms with Gasteiger partial charge >= 0.3 is 0 Å². The lowest BCUT2D eigenvalue weighted by atomic mass is 10.3. The van der Waals surface area contributed by atoms with Crippen LogP contribution in [-0.2, 0) is 9.59 Å². The first-order valence-corrected chi connectivity index (χ1v) is 2.82. The zero-order valence-corrected chi connectivity index (χ0v) is 5.76. The maximum Gasteiger partial charge on any atom is 0.209 e. The van der Waals surface area contributed by atoms with Crippen molar-refractivity contribution in [3.63, 3.8) is 0 Å². The van der Waals surface area contributed by atoms with Gasteiger partial charge in [0.1, 0.15) is 5.78 Å². The molecule has 0 heterocycles. The van der Waals surface area contributed by atoms with E-state index in [2.05, 4.69) is 0 Å². The second-order valence-electron chi connectivity index (χ2n) is 2.04. The van der Waals surface area contributed by atoms with E-state index in [1.165, 1.54) is 11.8 Å². The second-order valence-corrected chi connectivity index (χ2v) is 2.04. The minimum absolute atomic E-state index is 0.115. The Bertz CT molecular complexity index is 112. The molecule has 52 valence electrons. The molecule has 0 aromatic rings. The molecular weight excluding hydrogens is 118 g/mol. The van der Waals surface area contributed by atoms with Crippen LogP contribution in [0.25, 0.3) is 0 Å². The summed E-state index contributed by atoms with van der Waals surface area (Å²) in [6, 6.07) is 0. The molecule has 0 bridgehead atoms. The molecule has 0 aromatic carbocycles. The molecule has 0 aliphatic rings. The van der Waals surface area contributed by atoms with Gasteiger partial charge < -0.3 is 4.90 Å². The monoisotopic (exact) mass is 129 g/mol. The van der Waals surface area contributed by atoms with Gasteiger partial charge in [0, 0.05) is 20.0 Å². The predicted octanol–water partition coefficient (Wildman–Crippen LogP) is 0.0537. The average Bonchev–Trinajstić information content (AvgIpc) is 1.83. The molecule has 0 unspecified atom stereocenters. The number of carbonyl (C=O) groups excluding carboxylic acids is 2. The van der Waals surface area contributed by atoms with Gasteiger partial charge in [0.05, 0.1) is 0 Å². The van der Waals surface area contributed by atoms with Crippen molar-refractivity contribution < 1.29 is 9.59 Å². The number of hydrogen-bond acceptors (Lipinski definition) is 2. The number of amides is 1. The third-order valence-corrected chi connectivity index (χ3v) is 0.997. The Hall–Kier alpha value is -0.860. The maximum absolute atomic E-state index is 10.3. The van der Waals surface area contributed by atoms with Crippen LogP contribution in [0.5, 0.6) is 0 Å². The molecular formula is C6H11NO2. The van der Waals surface area contributed by atoms with Crippen LogP contribution in [-0.4, -0.2) is 30.7 Å². The van der Waals surface area contributed by atoms with E-state index in [4.69, 9.17) is 0 Å². The number of hydrogen-bond donors (Lipinski definition) is 0. The van der Waals surface area contributed by atoms with Gasteiger partial charge in [0.2, 0.25) is 6.41 Å². The largest absolute Gasteiger partial charge is 0.348 e. The smallest absolute Gasteiger partial charge is 0.209 e. The van der Waals surface area contributed by atoms with Crippen LogP contribution < -0.4 is 0 Å². The summed E-state index contributed by atoms with van der Waals surface area (Å²) in [5, 5.41) is 0. The normalized spacial score (nSPS) is 8.67. The van der Waals surface area contributed by atoms with E-state index in [9.17, 15) is 9.59 Å². The van der Waals surface area contributed by atoms with Crippen molar-refractivity contribution in [1.82, 2.24) is 4.90 Å². The van der Waals surface area contributed by atoms with E-state index in [0.717, 1.165) is 0 Å². The van der Waals surface area contributed by atoms with E-state index in [0.29, 0.717) is 19.4 Å². The highest BCUT2D eigenvalue weighted by Gasteiger charge is 1.95. The number of nitrogens with zero attached hydrogens (tertiary/aromatic N) is 1. The molecule has 0 atom stereocenters. The lowest BCUT2D eigenvalue weighted by Gasteiger charge is -2.06. The molecule has 9 heavy (non-hydrogen) atoms. The summed E-state index contributed by atoms with van der Waals surface area (Å²) < 4.78 is 0. The summed E-state index contributed by atoms with van der Waals surface area (Å²) in [5.41, 5.74) is 0. The molecule has 0 aliphatic carbocycles. The number of carbonyl (C=O) groups is 2. The van der Waals surface area contributed by atoms with Crippen LogP contribution in [0.2, 0.25) is 0 Å². The minimum atomic E-state index is 0.115. The van der Waals surface area contributed by atoms with Crippen molar-refractivity contribution in [3.8, 4) is 0 Å². The van der Waals surface area contributed by atoms with Crippen molar-refractivity contribution in [1.29, 1.82) is 0 Å². The van der Waals surface area contributed by atoms with E-state index >= 15 is 0 Å². The standard InChI is InChI=1S/C6H11NO2/c1-6(9)3-4-7(2)5-8/h5H,3-4H2,1-2H3. The minimum Gasteiger partial charge on any atom is -0.348 e. The first kappa shape index (κ1) is 8.14. The van der Waals surface area contributed by atoms with Gasteiger partial charge in [0.25, 0.3) is 0 Å². The van der Waals surface area contributed by atoms with Gasteiger partial charge in [-0.2, -0.15) is 0 Å². The number of ketones is 1. The van der Waals surface area contributed by atoms with Crippen LogP contribution in [0.4, 0.5) is 0 Å². The molecule has 0 radical (unpaired) electrons. The van der Waals surface area contributed by atoms with Crippen molar-refractivity contribution in [3.05, 3.63) is 0 Å². The van der Waals surface area contributed by atoms with Gasteiger partial charge in [-0.1, -0.05) is 0 Å². The molecule has 0 saturated carbocycles. The van der Waals surface area contributed by atoms with Gasteiger partial charge in [0.15, 0.2) is 0 Å². The Labute approximate surface area is 54.6 Å². The molecule has 0 aliphatic heterocycles. The maximum atomic E-state index is 10.3. The lowest BCUT2D eigenvalue weighted by molar-refractivity contribution is -0.119. The van der Waals surface area contributed by atoms with Crippen molar-refractivity contribution in [2.45, 2.75) is 13.3 Å². The quantitative estimate of drug-likeness (QED) is 0.503. The Morgan fingerprint density at radius 1 is 1.67 bits per heavy atom. The fourth-order valence-electron chi connectivity index (χ4n) is 0.387. The first-order valence-electron chi connectivity index (χ1n) is 2.82. The van der Waals surface area contributed by atoms with Crippen molar-refractivity contribution in [2.24, 2.45) is 0 Å². The van der Waals surface area contributed by atoms with Gasteiger partial charge in [-0.3, -0.25) is 9.59 Å². The molecule has 0 N–H and O–H groups in total. The van der Waals surface area contributed by atoms with Crippen LogP contribution in [0.15, 0.2) is 0 Å². The first-order chi connectivity index (χ1) is 4.16. The lowest BCUT2D eigenvalue weighted by Crippen LogP contribution is -2.18. The van der Waals surface area contributed by atoms with Crippen LogP contribution in [0.1, 0.15) is 13.3 Å². The summed E-state index contributed by atoms with van der Waals surface area (Å²) in [6.45, 7) is 2.04. The molecule has 0 fully saturated rings. The molecule has 0 aromatic heterocycles. The van der Waals surface area contributed by atoms with E-state index in [-0.39, 0.29) is 5.78 Å². The summed E-state index contributed by atoms with van der Waals surface area (Å²) in [4.78, 5) is 21.7. The van der Waals surface area contributed by atoms with Gasteiger partial charge in [-0.15, -0.1) is 0 Å².